The molecule has 1 aromatic heterocycles. The van der Waals surface area contributed by atoms with Crippen molar-refractivity contribution < 1.29 is 4.79 Å². The van der Waals surface area contributed by atoms with Gasteiger partial charge in [0.1, 0.15) is 0 Å². The Bertz CT molecular complexity index is 988. The maximum absolute atomic E-state index is 13.2. The average molecular weight is 376 g/mol. The van der Waals surface area contributed by atoms with Crippen molar-refractivity contribution in [2.24, 2.45) is 5.92 Å². The fraction of sp³-hybridized carbons (Fsp3) is 0.375. The molecule has 1 amide bonds. The zero-order valence-electron chi connectivity index (χ0n) is 17.0. The average Bonchev–Trinajstić information content (AvgIpc) is 3.00. The quantitative estimate of drug-likeness (QED) is 0.727. The van der Waals surface area contributed by atoms with E-state index in [4.69, 9.17) is 0 Å². The third-order valence-corrected chi connectivity index (χ3v) is 5.77. The summed E-state index contributed by atoms with van der Waals surface area (Å²) >= 11 is 0. The second-order valence-electron chi connectivity index (χ2n) is 8.24. The Morgan fingerprint density at radius 1 is 1.14 bits per heavy atom. The van der Waals surface area contributed by atoms with Gasteiger partial charge in [-0.3, -0.25) is 4.79 Å². The fourth-order valence-electron chi connectivity index (χ4n) is 4.58. The van der Waals surface area contributed by atoms with E-state index in [0.717, 1.165) is 37.1 Å². The fourth-order valence-corrected chi connectivity index (χ4v) is 4.58. The van der Waals surface area contributed by atoms with Gasteiger partial charge in [-0.05, 0) is 63.0 Å². The molecule has 0 aliphatic carbocycles. The van der Waals surface area contributed by atoms with Gasteiger partial charge in [0.05, 0.1) is 0 Å². The van der Waals surface area contributed by atoms with Crippen LogP contribution in [0.2, 0.25) is 0 Å². The lowest BCUT2D eigenvalue weighted by atomic mass is 9.91. The molecule has 0 fully saturated rings. The number of fused-ring (bicyclic) bond motifs is 2. The first kappa shape index (κ1) is 18.8. The molecular formula is C24H29N3O. The molecule has 2 heterocycles. The first-order valence-corrected chi connectivity index (χ1v) is 10.1. The van der Waals surface area contributed by atoms with Gasteiger partial charge in [-0.25, -0.2) is 0 Å². The molecule has 0 saturated heterocycles. The molecule has 0 saturated carbocycles. The van der Waals surface area contributed by atoms with Gasteiger partial charge >= 0.3 is 0 Å². The molecule has 28 heavy (non-hydrogen) atoms. The minimum Gasteiger partial charge on any atom is -0.358 e. The van der Waals surface area contributed by atoms with E-state index in [0.29, 0.717) is 12.3 Å². The number of benzene rings is 2. The number of H-pyrrole nitrogens is 1. The molecule has 4 heteroatoms. The number of hydrogen-bond donors (Lipinski definition) is 1. The molecule has 0 bridgehead atoms. The summed E-state index contributed by atoms with van der Waals surface area (Å²) in [6.07, 6.45) is 2.34. The number of para-hydroxylation sites is 2. The highest BCUT2D eigenvalue weighted by molar-refractivity contribution is 5.95. The van der Waals surface area contributed by atoms with E-state index in [9.17, 15) is 4.79 Å². The highest BCUT2D eigenvalue weighted by atomic mass is 16.2. The summed E-state index contributed by atoms with van der Waals surface area (Å²) < 4.78 is 0. The van der Waals surface area contributed by atoms with E-state index in [1.165, 1.54) is 22.2 Å². The van der Waals surface area contributed by atoms with Gasteiger partial charge in [0.15, 0.2) is 0 Å². The van der Waals surface area contributed by atoms with E-state index in [2.05, 4.69) is 67.3 Å². The van der Waals surface area contributed by atoms with Crippen LogP contribution in [0.5, 0.6) is 0 Å². The van der Waals surface area contributed by atoms with E-state index >= 15 is 0 Å². The number of amides is 1. The lowest BCUT2D eigenvalue weighted by Crippen LogP contribution is -2.43. The predicted molar refractivity (Wildman–Crippen MR) is 116 cm³/mol. The Kier molecular flexibility index (Phi) is 5.23. The van der Waals surface area contributed by atoms with Gasteiger partial charge in [-0.1, -0.05) is 36.4 Å². The second-order valence-corrected chi connectivity index (χ2v) is 8.24. The van der Waals surface area contributed by atoms with Crippen LogP contribution in [0.4, 0.5) is 5.69 Å². The third-order valence-electron chi connectivity index (χ3n) is 5.77. The summed E-state index contributed by atoms with van der Waals surface area (Å²) in [7, 11) is 4.21. The first-order chi connectivity index (χ1) is 13.5. The highest BCUT2D eigenvalue weighted by Gasteiger charge is 2.28. The number of nitrogens with one attached hydrogen (secondary N) is 1. The smallest absolute Gasteiger partial charge is 0.227 e. The molecule has 4 rings (SSSR count). The number of carbonyl (C=O) groups excluding carboxylic acids is 1. The number of rotatable bonds is 5. The van der Waals surface area contributed by atoms with Gasteiger partial charge in [0.2, 0.25) is 5.91 Å². The van der Waals surface area contributed by atoms with E-state index in [1.807, 2.05) is 17.0 Å². The van der Waals surface area contributed by atoms with Crippen molar-refractivity contribution in [3.63, 3.8) is 0 Å². The minimum absolute atomic E-state index is 0.223. The summed E-state index contributed by atoms with van der Waals surface area (Å²) in [6.45, 7) is 3.91. The van der Waals surface area contributed by atoms with E-state index in [-0.39, 0.29) is 5.91 Å². The zero-order chi connectivity index (χ0) is 19.7. The normalized spacial score (nSPS) is 16.6. The molecule has 0 radical (unpaired) electrons. The van der Waals surface area contributed by atoms with Crippen LogP contribution in [-0.4, -0.2) is 43.0 Å². The Labute approximate surface area is 167 Å². The highest BCUT2D eigenvalue weighted by Crippen LogP contribution is 2.31. The van der Waals surface area contributed by atoms with Crippen molar-refractivity contribution in [1.82, 2.24) is 9.88 Å². The molecule has 1 aliphatic heterocycles. The van der Waals surface area contributed by atoms with E-state index < -0.39 is 0 Å². The van der Waals surface area contributed by atoms with Crippen LogP contribution in [-0.2, 0) is 17.6 Å². The maximum atomic E-state index is 13.2. The van der Waals surface area contributed by atoms with Crippen molar-refractivity contribution in [1.29, 1.82) is 0 Å². The molecule has 3 aromatic rings. The summed E-state index contributed by atoms with van der Waals surface area (Å²) in [5, 5.41) is 1.23. The largest absolute Gasteiger partial charge is 0.358 e. The first-order valence-electron chi connectivity index (χ1n) is 10.1. The minimum atomic E-state index is 0.223. The Hall–Kier alpha value is -2.59. The summed E-state index contributed by atoms with van der Waals surface area (Å²) in [5.41, 5.74) is 5.96. The van der Waals surface area contributed by atoms with Crippen molar-refractivity contribution in [3.8, 4) is 0 Å². The molecule has 1 atom stereocenters. The van der Waals surface area contributed by atoms with Gasteiger partial charge in [-0.15, -0.1) is 0 Å². The number of hydrogen-bond acceptors (Lipinski definition) is 2. The molecular weight excluding hydrogens is 346 g/mol. The van der Waals surface area contributed by atoms with Crippen molar-refractivity contribution in [2.45, 2.75) is 26.2 Å². The SMILES string of the molecule is Cc1[nH]c2ccccc2c1CCC(=O)N1CC(CN(C)C)Cc2ccccc21. The molecule has 4 nitrogen and oxygen atoms in total. The zero-order valence-corrected chi connectivity index (χ0v) is 17.0. The topological polar surface area (TPSA) is 39.3 Å². The number of aromatic amines is 1. The Morgan fingerprint density at radius 2 is 1.89 bits per heavy atom. The van der Waals surface area contributed by atoms with Crippen LogP contribution in [0.3, 0.4) is 0 Å². The van der Waals surface area contributed by atoms with Crippen LogP contribution in [0, 0.1) is 12.8 Å². The number of nitrogens with zero attached hydrogens (tertiary/aromatic N) is 2. The van der Waals surface area contributed by atoms with Crippen LogP contribution in [0.15, 0.2) is 48.5 Å². The summed E-state index contributed by atoms with van der Waals surface area (Å²) in [5.74, 6) is 0.698. The lowest BCUT2D eigenvalue weighted by molar-refractivity contribution is -0.118. The standard InChI is InChI=1S/C24H29N3O/c1-17-20(21-9-5-6-10-22(21)25-17)12-13-24(28)27-16-18(15-26(2)3)14-19-8-4-7-11-23(19)27/h4-11,18,25H,12-16H2,1-3H3. The molecule has 1 N–H and O–H groups in total. The molecule has 0 spiro atoms. The predicted octanol–water partition coefficient (Wildman–Crippen LogP) is 4.18. The molecule has 1 unspecified atom stereocenters. The van der Waals surface area contributed by atoms with Gasteiger partial charge < -0.3 is 14.8 Å². The van der Waals surface area contributed by atoms with Crippen LogP contribution >= 0.6 is 0 Å². The van der Waals surface area contributed by atoms with Crippen LogP contribution in [0.25, 0.3) is 10.9 Å². The van der Waals surface area contributed by atoms with Gasteiger partial charge in [0, 0.05) is 41.8 Å². The van der Waals surface area contributed by atoms with Crippen LogP contribution < -0.4 is 4.90 Å². The third kappa shape index (κ3) is 3.69. The Balaban J connectivity index is 1.54. The van der Waals surface area contributed by atoms with Crippen LogP contribution in [0.1, 0.15) is 23.2 Å². The summed E-state index contributed by atoms with van der Waals surface area (Å²) in [4.78, 5) is 20.9. The maximum Gasteiger partial charge on any atom is 0.227 e. The van der Waals surface area contributed by atoms with Crippen molar-refractivity contribution in [3.05, 3.63) is 65.4 Å². The number of carbonyl (C=O) groups is 1. The lowest BCUT2D eigenvalue weighted by Gasteiger charge is -2.36. The van der Waals surface area contributed by atoms with Crippen molar-refractivity contribution in [2.75, 3.05) is 32.1 Å². The second kappa shape index (κ2) is 7.80. The molecule has 2 aromatic carbocycles. The monoisotopic (exact) mass is 375 g/mol. The number of aromatic nitrogens is 1. The van der Waals surface area contributed by atoms with Crippen molar-refractivity contribution >= 4 is 22.5 Å². The Morgan fingerprint density at radius 3 is 2.71 bits per heavy atom. The summed E-state index contributed by atoms with van der Waals surface area (Å²) in [6, 6.07) is 16.7. The van der Waals surface area contributed by atoms with Gasteiger partial charge in [-0.2, -0.15) is 0 Å². The molecule has 146 valence electrons. The van der Waals surface area contributed by atoms with E-state index in [1.54, 1.807) is 0 Å². The molecule has 1 aliphatic rings. The number of aryl methyl sites for hydroxylation is 2. The number of anilines is 1. The van der Waals surface area contributed by atoms with Gasteiger partial charge in [0.25, 0.3) is 0 Å².